The molecule has 1 rings (SSSR count). The molecule has 1 nitrogen and oxygen atoms in total. The highest BCUT2D eigenvalue weighted by Gasteiger charge is 2.05. The lowest BCUT2D eigenvalue weighted by atomic mass is 10.2. The molecule has 2 heteroatoms. The molecule has 0 aliphatic rings. The van der Waals surface area contributed by atoms with E-state index >= 15 is 0 Å². The minimum absolute atomic E-state index is 0.153. The maximum Gasteiger partial charge on any atom is 0.0919 e. The molecule has 0 aliphatic heterocycles. The molecule has 0 saturated carbocycles. The zero-order valence-electron chi connectivity index (χ0n) is 8.44. The van der Waals surface area contributed by atoms with Crippen molar-refractivity contribution in [3.8, 4) is 6.07 Å². The van der Waals surface area contributed by atoms with Crippen LogP contribution in [0.25, 0.3) is 0 Å². The van der Waals surface area contributed by atoms with E-state index in [1.54, 1.807) is 11.8 Å². The van der Waals surface area contributed by atoms with Crippen LogP contribution in [0, 0.1) is 11.3 Å². The van der Waals surface area contributed by atoms with E-state index in [-0.39, 0.29) is 5.25 Å². The average Bonchev–Trinajstić information content (AvgIpc) is 2.25. The van der Waals surface area contributed by atoms with Crippen LogP contribution in [-0.4, -0.2) is 5.25 Å². The van der Waals surface area contributed by atoms with Gasteiger partial charge in [-0.15, -0.1) is 11.8 Å². The van der Waals surface area contributed by atoms with Gasteiger partial charge in [-0.1, -0.05) is 43.7 Å². The van der Waals surface area contributed by atoms with Gasteiger partial charge in [0.2, 0.25) is 0 Å². The monoisotopic (exact) mass is 205 g/mol. The van der Waals surface area contributed by atoms with Crippen molar-refractivity contribution < 1.29 is 0 Å². The Morgan fingerprint density at radius 3 is 2.64 bits per heavy atom. The zero-order chi connectivity index (χ0) is 10.2. The number of thioether (sulfide) groups is 1. The van der Waals surface area contributed by atoms with Gasteiger partial charge >= 0.3 is 0 Å². The standard InChI is InChI=1S/C12H15NS/c1-2-6-12(9-13)14-10-11-7-4-3-5-8-11/h3-5,7-8,12H,2,6,10H2,1H3/t12-/m0/s1. The molecule has 0 aliphatic carbocycles. The van der Waals surface area contributed by atoms with Crippen LogP contribution < -0.4 is 0 Å². The van der Waals surface area contributed by atoms with Gasteiger partial charge < -0.3 is 0 Å². The third kappa shape index (κ3) is 3.85. The number of nitriles is 1. The van der Waals surface area contributed by atoms with Crippen molar-refractivity contribution in [3.63, 3.8) is 0 Å². The minimum Gasteiger partial charge on any atom is -0.197 e. The molecular formula is C12H15NS. The normalized spacial score (nSPS) is 12.0. The molecule has 1 atom stereocenters. The molecule has 0 aromatic heterocycles. The zero-order valence-corrected chi connectivity index (χ0v) is 9.26. The van der Waals surface area contributed by atoms with E-state index in [9.17, 15) is 0 Å². The van der Waals surface area contributed by atoms with Crippen molar-refractivity contribution in [1.82, 2.24) is 0 Å². The van der Waals surface area contributed by atoms with Gasteiger partial charge in [0.15, 0.2) is 0 Å². The minimum atomic E-state index is 0.153. The molecule has 1 aromatic rings. The number of hydrogen-bond acceptors (Lipinski definition) is 2. The van der Waals surface area contributed by atoms with Gasteiger partial charge in [-0.25, -0.2) is 0 Å². The van der Waals surface area contributed by atoms with Gasteiger partial charge in [0.1, 0.15) is 0 Å². The highest BCUT2D eigenvalue weighted by atomic mass is 32.2. The molecule has 0 N–H and O–H groups in total. The summed E-state index contributed by atoms with van der Waals surface area (Å²) in [5.41, 5.74) is 1.30. The molecular weight excluding hydrogens is 190 g/mol. The lowest BCUT2D eigenvalue weighted by Gasteiger charge is -2.06. The van der Waals surface area contributed by atoms with E-state index in [0.29, 0.717) is 0 Å². The number of benzene rings is 1. The van der Waals surface area contributed by atoms with E-state index in [4.69, 9.17) is 5.26 Å². The molecule has 0 amide bonds. The molecule has 0 bridgehead atoms. The first kappa shape index (κ1) is 11.1. The Bertz CT molecular complexity index is 289. The molecule has 1 aromatic carbocycles. The summed E-state index contributed by atoms with van der Waals surface area (Å²) >= 11 is 1.74. The van der Waals surface area contributed by atoms with Gasteiger partial charge in [-0.05, 0) is 12.0 Å². The summed E-state index contributed by atoms with van der Waals surface area (Å²) in [4.78, 5) is 0. The SMILES string of the molecule is CCC[C@@H](C#N)SCc1ccccc1. The highest BCUT2D eigenvalue weighted by molar-refractivity contribution is 7.99. The lowest BCUT2D eigenvalue weighted by Crippen LogP contribution is -1.98. The Balaban J connectivity index is 2.37. The molecule has 0 saturated heterocycles. The summed E-state index contributed by atoms with van der Waals surface area (Å²) in [6, 6.07) is 12.6. The van der Waals surface area contributed by atoms with Crippen molar-refractivity contribution in [2.75, 3.05) is 0 Å². The largest absolute Gasteiger partial charge is 0.197 e. The fraction of sp³-hybridized carbons (Fsp3) is 0.417. The molecule has 0 unspecified atom stereocenters. The van der Waals surface area contributed by atoms with Gasteiger partial charge in [0.05, 0.1) is 11.3 Å². The van der Waals surface area contributed by atoms with E-state index in [0.717, 1.165) is 18.6 Å². The van der Waals surface area contributed by atoms with Crippen LogP contribution in [0.5, 0.6) is 0 Å². The average molecular weight is 205 g/mol. The summed E-state index contributed by atoms with van der Waals surface area (Å²) in [6.07, 6.45) is 2.08. The highest BCUT2D eigenvalue weighted by Crippen LogP contribution is 2.20. The molecule has 0 spiro atoms. The van der Waals surface area contributed by atoms with E-state index in [2.05, 4.69) is 25.1 Å². The topological polar surface area (TPSA) is 23.8 Å². The van der Waals surface area contributed by atoms with Crippen molar-refractivity contribution >= 4 is 11.8 Å². The summed E-state index contributed by atoms with van der Waals surface area (Å²) < 4.78 is 0. The van der Waals surface area contributed by atoms with Crippen molar-refractivity contribution in [2.24, 2.45) is 0 Å². The lowest BCUT2D eigenvalue weighted by molar-refractivity contribution is 0.833. The van der Waals surface area contributed by atoms with Crippen LogP contribution in [0.1, 0.15) is 25.3 Å². The molecule has 14 heavy (non-hydrogen) atoms. The first-order chi connectivity index (χ1) is 6.86. The molecule has 74 valence electrons. The summed E-state index contributed by atoms with van der Waals surface area (Å²) in [6.45, 7) is 2.12. The van der Waals surface area contributed by atoms with Crippen LogP contribution in [0.3, 0.4) is 0 Å². The second-order valence-electron chi connectivity index (χ2n) is 3.20. The second kappa shape index (κ2) is 6.50. The van der Waals surface area contributed by atoms with Crippen LogP contribution >= 0.6 is 11.8 Å². The summed E-state index contributed by atoms with van der Waals surface area (Å²) in [5, 5.41) is 9.02. The fourth-order valence-corrected chi connectivity index (χ4v) is 2.28. The first-order valence-corrected chi connectivity index (χ1v) is 5.97. The maximum absolute atomic E-state index is 8.86. The van der Waals surface area contributed by atoms with Gasteiger partial charge in [-0.3, -0.25) is 0 Å². The smallest absolute Gasteiger partial charge is 0.0919 e. The third-order valence-electron chi connectivity index (χ3n) is 1.99. The Labute approximate surface area is 90.1 Å². The first-order valence-electron chi connectivity index (χ1n) is 4.92. The van der Waals surface area contributed by atoms with Gasteiger partial charge in [0.25, 0.3) is 0 Å². The van der Waals surface area contributed by atoms with Crippen molar-refractivity contribution in [1.29, 1.82) is 5.26 Å². The molecule has 0 heterocycles. The van der Waals surface area contributed by atoms with Crippen LogP contribution in [0.15, 0.2) is 30.3 Å². The Morgan fingerprint density at radius 1 is 1.36 bits per heavy atom. The Kier molecular flexibility index (Phi) is 5.17. The Hall–Kier alpha value is -0.940. The second-order valence-corrected chi connectivity index (χ2v) is 4.39. The maximum atomic E-state index is 8.86. The van der Waals surface area contributed by atoms with Crippen LogP contribution in [-0.2, 0) is 5.75 Å². The molecule has 0 fully saturated rings. The fourth-order valence-electron chi connectivity index (χ4n) is 1.22. The van der Waals surface area contributed by atoms with Crippen LogP contribution in [0.4, 0.5) is 0 Å². The third-order valence-corrected chi connectivity index (χ3v) is 3.23. The summed E-state index contributed by atoms with van der Waals surface area (Å²) in [7, 11) is 0. The van der Waals surface area contributed by atoms with Gasteiger partial charge in [-0.2, -0.15) is 5.26 Å². The molecule has 0 radical (unpaired) electrons. The van der Waals surface area contributed by atoms with Gasteiger partial charge in [0, 0.05) is 5.75 Å². The van der Waals surface area contributed by atoms with E-state index in [1.807, 2.05) is 18.2 Å². The van der Waals surface area contributed by atoms with Crippen molar-refractivity contribution in [3.05, 3.63) is 35.9 Å². The van der Waals surface area contributed by atoms with Crippen molar-refractivity contribution in [2.45, 2.75) is 30.8 Å². The summed E-state index contributed by atoms with van der Waals surface area (Å²) in [5.74, 6) is 0.944. The number of nitrogens with zero attached hydrogens (tertiary/aromatic N) is 1. The number of hydrogen-bond donors (Lipinski definition) is 0. The quantitative estimate of drug-likeness (QED) is 0.733. The van der Waals surface area contributed by atoms with Crippen LogP contribution in [0.2, 0.25) is 0 Å². The Morgan fingerprint density at radius 2 is 2.07 bits per heavy atom. The predicted octanol–water partition coefficient (Wildman–Crippen LogP) is 3.61. The van der Waals surface area contributed by atoms with E-state index < -0.39 is 0 Å². The van der Waals surface area contributed by atoms with E-state index in [1.165, 1.54) is 5.56 Å². The predicted molar refractivity (Wildman–Crippen MR) is 62.0 cm³/mol. The number of rotatable bonds is 5.